The van der Waals surface area contributed by atoms with Gasteiger partial charge >= 0.3 is 0 Å². The second-order valence-electron chi connectivity index (χ2n) is 6.11. The van der Waals surface area contributed by atoms with Crippen LogP contribution in [0.5, 0.6) is 11.5 Å². The number of nitrogens with zero attached hydrogens (tertiary/aromatic N) is 1. The van der Waals surface area contributed by atoms with Crippen molar-refractivity contribution in [2.45, 2.75) is 18.4 Å². The number of hydrogen-bond donors (Lipinski definition) is 1. The number of benzene rings is 2. The van der Waals surface area contributed by atoms with Crippen LogP contribution in [0.2, 0.25) is 5.02 Å². The molecule has 150 valence electrons. The Morgan fingerprint density at radius 1 is 1.21 bits per heavy atom. The van der Waals surface area contributed by atoms with Crippen molar-refractivity contribution in [2.75, 3.05) is 26.8 Å². The minimum Gasteiger partial charge on any atom is -0.486 e. The van der Waals surface area contributed by atoms with Gasteiger partial charge in [-0.3, -0.25) is 4.79 Å². The third-order valence-electron chi connectivity index (χ3n) is 4.43. The molecule has 0 fully saturated rings. The van der Waals surface area contributed by atoms with Gasteiger partial charge in [-0.05, 0) is 38.2 Å². The molecule has 3 rings (SSSR count). The first-order chi connectivity index (χ1) is 13.4. The number of carbonyl (C=O) groups excluding carboxylic acids is 1. The van der Waals surface area contributed by atoms with Gasteiger partial charge in [-0.25, -0.2) is 13.1 Å². The Morgan fingerprint density at radius 3 is 2.68 bits per heavy atom. The summed E-state index contributed by atoms with van der Waals surface area (Å²) in [6.45, 7) is 3.45. The summed E-state index contributed by atoms with van der Waals surface area (Å²) in [6, 6.07) is 9.59. The average Bonchev–Trinajstić information content (AvgIpc) is 2.71. The van der Waals surface area contributed by atoms with Crippen molar-refractivity contribution in [2.24, 2.45) is 0 Å². The number of hydrogen-bond acceptors (Lipinski definition) is 5. The van der Waals surface area contributed by atoms with Crippen LogP contribution < -0.4 is 14.2 Å². The SMILES string of the molecule is CCN(Cc1cccc2c1OCCO2)C(=O)c1cc(S(=O)(=O)NC)ccc1Cl. The summed E-state index contributed by atoms with van der Waals surface area (Å²) < 4.78 is 37.7. The number of carbonyl (C=O) groups is 1. The highest BCUT2D eigenvalue weighted by Gasteiger charge is 2.23. The van der Waals surface area contributed by atoms with Crippen LogP contribution >= 0.6 is 11.6 Å². The third kappa shape index (κ3) is 4.09. The molecule has 28 heavy (non-hydrogen) atoms. The van der Waals surface area contributed by atoms with Gasteiger partial charge in [0.2, 0.25) is 10.0 Å². The molecule has 1 heterocycles. The summed E-state index contributed by atoms with van der Waals surface area (Å²) >= 11 is 6.20. The zero-order valence-corrected chi connectivity index (χ0v) is 17.1. The molecule has 2 aromatic carbocycles. The molecule has 0 unspecified atom stereocenters. The fourth-order valence-corrected chi connectivity index (χ4v) is 3.87. The standard InChI is InChI=1S/C19H21ClN2O5S/c1-3-22(12-13-5-4-6-17-18(13)27-10-9-26-17)19(23)15-11-14(7-8-16(15)20)28(24,25)21-2/h4-8,11,21H,3,9-10,12H2,1-2H3. The molecule has 0 aromatic heterocycles. The molecule has 7 nitrogen and oxygen atoms in total. The topological polar surface area (TPSA) is 84.9 Å². The van der Waals surface area contributed by atoms with Crippen molar-refractivity contribution < 1.29 is 22.7 Å². The Hall–Kier alpha value is -2.29. The molecule has 0 spiro atoms. The van der Waals surface area contributed by atoms with Crippen LogP contribution in [0.15, 0.2) is 41.3 Å². The predicted octanol–water partition coefficient (Wildman–Crippen LogP) is 2.68. The zero-order chi connectivity index (χ0) is 20.3. The molecule has 0 radical (unpaired) electrons. The van der Waals surface area contributed by atoms with E-state index in [0.29, 0.717) is 31.3 Å². The predicted molar refractivity (Wildman–Crippen MR) is 106 cm³/mol. The highest BCUT2D eigenvalue weighted by atomic mass is 35.5. The summed E-state index contributed by atoms with van der Waals surface area (Å²) in [5.74, 6) is 0.903. The van der Waals surface area contributed by atoms with Crippen molar-refractivity contribution >= 4 is 27.5 Å². The first-order valence-electron chi connectivity index (χ1n) is 8.77. The Kier molecular flexibility index (Phi) is 6.12. The number of halogens is 1. The smallest absolute Gasteiger partial charge is 0.255 e. The van der Waals surface area contributed by atoms with Gasteiger partial charge in [0.05, 0.1) is 15.5 Å². The van der Waals surface area contributed by atoms with E-state index in [-0.39, 0.29) is 27.9 Å². The minimum atomic E-state index is -3.69. The molecule has 2 aromatic rings. The molecule has 0 atom stereocenters. The molecular weight excluding hydrogens is 404 g/mol. The second kappa shape index (κ2) is 8.38. The molecule has 0 aliphatic carbocycles. The summed E-state index contributed by atoms with van der Waals surface area (Å²) in [4.78, 5) is 14.6. The number of ether oxygens (including phenoxy) is 2. The van der Waals surface area contributed by atoms with Crippen LogP contribution in [0.1, 0.15) is 22.8 Å². The third-order valence-corrected chi connectivity index (χ3v) is 6.17. The lowest BCUT2D eigenvalue weighted by Gasteiger charge is -2.25. The molecule has 9 heteroatoms. The largest absolute Gasteiger partial charge is 0.486 e. The van der Waals surface area contributed by atoms with Crippen molar-refractivity contribution in [1.29, 1.82) is 0 Å². The normalized spacial score (nSPS) is 13.2. The number of para-hydroxylation sites is 1. The maximum atomic E-state index is 13.1. The summed E-state index contributed by atoms with van der Waals surface area (Å²) in [5, 5.41) is 0.188. The van der Waals surface area contributed by atoms with Crippen LogP contribution in [0.3, 0.4) is 0 Å². The highest BCUT2D eigenvalue weighted by molar-refractivity contribution is 7.89. The molecule has 0 saturated heterocycles. The van der Waals surface area contributed by atoms with E-state index < -0.39 is 10.0 Å². The molecule has 1 N–H and O–H groups in total. The lowest BCUT2D eigenvalue weighted by Crippen LogP contribution is -2.31. The molecule has 1 aliphatic heterocycles. The summed E-state index contributed by atoms with van der Waals surface area (Å²) in [6.07, 6.45) is 0. The Labute approximate surface area is 169 Å². The summed E-state index contributed by atoms with van der Waals surface area (Å²) in [5.41, 5.74) is 0.935. The average molecular weight is 425 g/mol. The van der Waals surface area contributed by atoms with Crippen LogP contribution in [0, 0.1) is 0 Å². The monoisotopic (exact) mass is 424 g/mol. The van der Waals surface area contributed by atoms with Gasteiger partial charge in [-0.2, -0.15) is 0 Å². The van der Waals surface area contributed by atoms with Crippen LogP contribution in [-0.2, 0) is 16.6 Å². The fourth-order valence-electron chi connectivity index (χ4n) is 2.92. The Bertz CT molecular complexity index is 994. The van der Waals surface area contributed by atoms with Gasteiger partial charge in [-0.15, -0.1) is 0 Å². The number of sulfonamides is 1. The molecule has 0 bridgehead atoms. The van der Waals surface area contributed by atoms with Gasteiger partial charge in [0.25, 0.3) is 5.91 Å². The number of fused-ring (bicyclic) bond motifs is 1. The molecule has 1 amide bonds. The number of nitrogens with one attached hydrogen (secondary N) is 1. The molecule has 0 saturated carbocycles. The van der Waals surface area contributed by atoms with Gasteiger partial charge in [0.1, 0.15) is 13.2 Å². The first kappa shape index (κ1) is 20.4. The van der Waals surface area contributed by atoms with Gasteiger partial charge in [-0.1, -0.05) is 23.7 Å². The van der Waals surface area contributed by atoms with Crippen molar-refractivity contribution in [3.63, 3.8) is 0 Å². The van der Waals surface area contributed by atoms with Gasteiger partial charge in [0, 0.05) is 18.7 Å². The van der Waals surface area contributed by atoms with Gasteiger partial charge < -0.3 is 14.4 Å². The maximum absolute atomic E-state index is 13.1. The van der Waals surface area contributed by atoms with Crippen molar-refractivity contribution in [3.8, 4) is 11.5 Å². The van der Waals surface area contributed by atoms with Crippen LogP contribution in [0.4, 0.5) is 0 Å². The minimum absolute atomic E-state index is 0.0207. The van der Waals surface area contributed by atoms with E-state index in [1.807, 2.05) is 25.1 Å². The van der Waals surface area contributed by atoms with Crippen LogP contribution in [0.25, 0.3) is 0 Å². The van der Waals surface area contributed by atoms with Crippen molar-refractivity contribution in [3.05, 3.63) is 52.5 Å². The fraction of sp³-hybridized carbons (Fsp3) is 0.316. The van der Waals surface area contributed by atoms with E-state index in [4.69, 9.17) is 21.1 Å². The lowest BCUT2D eigenvalue weighted by atomic mass is 10.1. The van der Waals surface area contributed by atoms with E-state index >= 15 is 0 Å². The van der Waals surface area contributed by atoms with E-state index in [0.717, 1.165) is 5.56 Å². The molecular formula is C19H21ClN2O5S. The second-order valence-corrected chi connectivity index (χ2v) is 8.40. The van der Waals surface area contributed by atoms with Crippen LogP contribution in [-0.4, -0.2) is 46.0 Å². The number of amides is 1. The lowest BCUT2D eigenvalue weighted by molar-refractivity contribution is 0.0749. The van der Waals surface area contributed by atoms with E-state index in [2.05, 4.69) is 4.72 Å². The first-order valence-corrected chi connectivity index (χ1v) is 10.6. The quantitative estimate of drug-likeness (QED) is 0.770. The van der Waals surface area contributed by atoms with Crippen molar-refractivity contribution in [1.82, 2.24) is 9.62 Å². The van der Waals surface area contributed by atoms with Gasteiger partial charge in [0.15, 0.2) is 11.5 Å². The number of rotatable bonds is 6. The van der Waals surface area contributed by atoms with E-state index in [1.54, 1.807) is 4.90 Å². The Morgan fingerprint density at radius 2 is 1.96 bits per heavy atom. The summed E-state index contributed by atoms with van der Waals surface area (Å²) in [7, 11) is -2.38. The zero-order valence-electron chi connectivity index (χ0n) is 15.6. The maximum Gasteiger partial charge on any atom is 0.255 e. The Balaban J connectivity index is 1.92. The highest BCUT2D eigenvalue weighted by Crippen LogP contribution is 2.34. The molecule has 1 aliphatic rings. The van der Waals surface area contributed by atoms with E-state index in [1.165, 1.54) is 25.2 Å². The van der Waals surface area contributed by atoms with E-state index in [9.17, 15) is 13.2 Å².